The van der Waals surface area contributed by atoms with Gasteiger partial charge in [0.2, 0.25) is 5.69 Å². The van der Waals surface area contributed by atoms with Gasteiger partial charge in [0.15, 0.2) is 0 Å². The van der Waals surface area contributed by atoms with E-state index in [1.807, 2.05) is 12.1 Å². The SMILES string of the molecule is [C-]#[N+]c1cc(-n2c3ccccc3c3ccc4c(c32)C(c2ccccc2)c2ccc3ccccc3c2-4)c(C#N)cc1-n1c2ccccc2c2ccc3c4c5ccccc5ccc4n(-c4ccccc4)c3c21. The topological polar surface area (TPSA) is 42.9 Å². The Labute approximate surface area is 402 Å². The molecule has 5 nitrogen and oxygen atoms in total. The summed E-state index contributed by atoms with van der Waals surface area (Å²) < 4.78 is 6.92. The van der Waals surface area contributed by atoms with Crippen LogP contribution in [-0.2, 0) is 0 Å². The minimum atomic E-state index is -0.0683. The van der Waals surface area contributed by atoms with Crippen LogP contribution in [0.15, 0.2) is 218 Å². The van der Waals surface area contributed by atoms with Gasteiger partial charge < -0.3 is 13.7 Å². The fraction of sp³-hybridized carbons (Fsp3) is 0.0154. The second kappa shape index (κ2) is 14.4. The maximum atomic E-state index is 11.6. The molecule has 0 saturated carbocycles. The molecule has 0 amide bonds. The zero-order chi connectivity index (χ0) is 46.2. The summed E-state index contributed by atoms with van der Waals surface area (Å²) in [4.78, 5) is 4.39. The van der Waals surface area contributed by atoms with E-state index in [1.54, 1.807) is 0 Å². The third kappa shape index (κ3) is 5.07. The summed E-state index contributed by atoms with van der Waals surface area (Å²) in [5, 5.41) is 23.0. The zero-order valence-corrected chi connectivity index (χ0v) is 37.6. The Morgan fingerprint density at radius 1 is 0.443 bits per heavy atom. The first kappa shape index (κ1) is 38.4. The third-order valence-electron chi connectivity index (χ3n) is 15.1. The first-order valence-electron chi connectivity index (χ1n) is 23.7. The molecular weight excluding hydrogens is 851 g/mol. The molecule has 0 spiro atoms. The van der Waals surface area contributed by atoms with E-state index in [0.717, 1.165) is 65.7 Å². The van der Waals surface area contributed by atoms with E-state index in [4.69, 9.17) is 6.57 Å². The van der Waals surface area contributed by atoms with Crippen LogP contribution in [0, 0.1) is 17.9 Å². The van der Waals surface area contributed by atoms with Crippen molar-refractivity contribution in [1.82, 2.24) is 13.7 Å². The van der Waals surface area contributed by atoms with E-state index in [1.165, 1.54) is 54.7 Å². The number of rotatable bonds is 4. The van der Waals surface area contributed by atoms with Gasteiger partial charge in [-0.25, -0.2) is 4.85 Å². The molecule has 0 aliphatic heterocycles. The lowest BCUT2D eigenvalue weighted by molar-refractivity contribution is 1.01. The summed E-state index contributed by atoms with van der Waals surface area (Å²) >= 11 is 0. The molecule has 15 rings (SSSR count). The maximum absolute atomic E-state index is 11.6. The zero-order valence-electron chi connectivity index (χ0n) is 37.6. The van der Waals surface area contributed by atoms with Crippen molar-refractivity contribution in [2.45, 2.75) is 5.92 Å². The van der Waals surface area contributed by atoms with Crippen molar-refractivity contribution in [3.8, 4) is 34.3 Å². The van der Waals surface area contributed by atoms with Crippen LogP contribution in [0.1, 0.15) is 28.2 Å². The highest BCUT2D eigenvalue weighted by molar-refractivity contribution is 6.28. The molecule has 1 aliphatic rings. The normalized spacial score (nSPS) is 13.3. The van der Waals surface area contributed by atoms with Crippen LogP contribution < -0.4 is 0 Å². The second-order valence-electron chi connectivity index (χ2n) is 18.5. The van der Waals surface area contributed by atoms with Crippen molar-refractivity contribution in [2.75, 3.05) is 0 Å². The van der Waals surface area contributed by atoms with Crippen LogP contribution >= 0.6 is 0 Å². The predicted molar refractivity (Wildman–Crippen MR) is 288 cm³/mol. The fourth-order valence-corrected chi connectivity index (χ4v) is 12.3. The molecule has 3 aromatic heterocycles. The molecule has 0 saturated heterocycles. The molecule has 322 valence electrons. The van der Waals surface area contributed by atoms with Crippen molar-refractivity contribution in [1.29, 1.82) is 5.26 Å². The number of nitrogens with zero attached hydrogens (tertiary/aromatic N) is 5. The summed E-state index contributed by atoms with van der Waals surface area (Å²) in [6, 6.07) is 80.3. The Morgan fingerprint density at radius 3 is 1.74 bits per heavy atom. The Hall–Kier alpha value is -9.68. The Balaban J connectivity index is 1.07. The standard InChI is InChI=1S/C65H37N5/c1-67-53-37-57(69-54-26-14-12-24-46(54)48-31-33-51-60-44-22-10-8-16-39(44)28-30-50(60)59(62(51)63(48)69)41-18-4-2-5-19-41)42(38-66)36-58(53)70-55-27-15-13-25-47(55)49-32-34-52-61-45-23-11-9-17-40(45)29-35-56(61)68(65(52)64(49)70)43-20-6-3-7-21-43/h2-37,59H. The summed E-state index contributed by atoms with van der Waals surface area (Å²) in [7, 11) is 0. The first-order chi connectivity index (χ1) is 34.7. The van der Waals surface area contributed by atoms with Gasteiger partial charge in [-0.3, -0.25) is 0 Å². The van der Waals surface area contributed by atoms with Crippen LogP contribution in [-0.4, -0.2) is 13.7 Å². The van der Waals surface area contributed by atoms with Crippen LogP contribution in [0.3, 0.4) is 0 Å². The average Bonchev–Trinajstić information content (AvgIpc) is 4.16. The maximum Gasteiger partial charge on any atom is 0.212 e. The van der Waals surface area contributed by atoms with Gasteiger partial charge in [0.25, 0.3) is 0 Å². The van der Waals surface area contributed by atoms with Gasteiger partial charge in [0.05, 0.1) is 56.6 Å². The number of para-hydroxylation sites is 3. The molecule has 5 heteroatoms. The lowest BCUT2D eigenvalue weighted by atomic mass is 9.88. The highest BCUT2D eigenvalue weighted by atomic mass is 15.1. The molecule has 1 aliphatic carbocycles. The molecule has 70 heavy (non-hydrogen) atoms. The van der Waals surface area contributed by atoms with E-state index in [9.17, 15) is 5.26 Å². The molecule has 0 fully saturated rings. The van der Waals surface area contributed by atoms with E-state index >= 15 is 0 Å². The predicted octanol–water partition coefficient (Wildman–Crippen LogP) is 16.9. The van der Waals surface area contributed by atoms with Crippen LogP contribution in [0.5, 0.6) is 0 Å². The Morgan fingerprint density at radius 2 is 1.01 bits per heavy atom. The molecule has 0 bridgehead atoms. The lowest BCUT2D eigenvalue weighted by Crippen LogP contribution is -2.05. The fourth-order valence-electron chi connectivity index (χ4n) is 12.3. The molecule has 14 aromatic rings. The molecule has 0 N–H and O–H groups in total. The van der Waals surface area contributed by atoms with Crippen molar-refractivity contribution < 1.29 is 0 Å². The minimum absolute atomic E-state index is 0.0683. The third-order valence-corrected chi connectivity index (χ3v) is 15.1. The molecule has 0 radical (unpaired) electrons. The molecule has 1 unspecified atom stereocenters. The van der Waals surface area contributed by atoms with Gasteiger partial charge in [-0.1, -0.05) is 176 Å². The summed E-state index contributed by atoms with van der Waals surface area (Å²) in [5.41, 5.74) is 15.6. The smallest absolute Gasteiger partial charge is 0.212 e. The highest BCUT2D eigenvalue weighted by Gasteiger charge is 2.35. The monoisotopic (exact) mass is 887 g/mol. The van der Waals surface area contributed by atoms with E-state index < -0.39 is 0 Å². The summed E-state index contributed by atoms with van der Waals surface area (Å²) in [5.74, 6) is -0.0683. The van der Waals surface area contributed by atoms with Gasteiger partial charge in [0.1, 0.15) is 6.07 Å². The Bertz CT molecular complexity index is 4670. The Kier molecular flexibility index (Phi) is 7.91. The van der Waals surface area contributed by atoms with Crippen molar-refractivity contribution in [3.63, 3.8) is 0 Å². The summed E-state index contributed by atoms with van der Waals surface area (Å²) in [6.45, 7) is 9.04. The number of nitriles is 1. The average molecular weight is 888 g/mol. The summed E-state index contributed by atoms with van der Waals surface area (Å²) in [6.07, 6.45) is 0. The van der Waals surface area contributed by atoms with Crippen molar-refractivity contribution in [2.24, 2.45) is 0 Å². The van der Waals surface area contributed by atoms with Crippen LogP contribution in [0.2, 0.25) is 0 Å². The van der Waals surface area contributed by atoms with Crippen LogP contribution in [0.4, 0.5) is 5.69 Å². The van der Waals surface area contributed by atoms with Gasteiger partial charge >= 0.3 is 0 Å². The number of hydrogen-bond acceptors (Lipinski definition) is 1. The molecule has 1 atom stereocenters. The van der Waals surface area contributed by atoms with E-state index in [-0.39, 0.29) is 5.92 Å². The molecule has 3 heterocycles. The van der Waals surface area contributed by atoms with Crippen molar-refractivity contribution in [3.05, 3.63) is 252 Å². The minimum Gasteiger partial charge on any atom is -0.317 e. The highest BCUT2D eigenvalue weighted by Crippen LogP contribution is 2.55. The molecule has 11 aromatic carbocycles. The number of hydrogen-bond donors (Lipinski definition) is 0. The van der Waals surface area contributed by atoms with Crippen molar-refractivity contribution >= 4 is 92.6 Å². The molecular formula is C65H37N5. The lowest BCUT2D eigenvalue weighted by Gasteiger charge is -2.20. The largest absolute Gasteiger partial charge is 0.317 e. The van der Waals surface area contributed by atoms with Gasteiger partial charge in [-0.05, 0) is 91.8 Å². The van der Waals surface area contributed by atoms with E-state index in [0.29, 0.717) is 22.6 Å². The second-order valence-corrected chi connectivity index (χ2v) is 18.5. The van der Waals surface area contributed by atoms with Crippen LogP contribution in [0.25, 0.3) is 120 Å². The van der Waals surface area contributed by atoms with Gasteiger partial charge in [0, 0.05) is 43.9 Å². The quantitative estimate of drug-likeness (QED) is 0.162. The van der Waals surface area contributed by atoms with E-state index in [2.05, 4.69) is 231 Å². The number of fused-ring (bicyclic) bond motifs is 18. The number of benzene rings is 11. The van der Waals surface area contributed by atoms with Gasteiger partial charge in [-0.15, -0.1) is 0 Å². The van der Waals surface area contributed by atoms with Gasteiger partial charge in [-0.2, -0.15) is 5.26 Å². The number of aromatic nitrogens is 3. The first-order valence-corrected chi connectivity index (χ1v) is 23.7.